The lowest BCUT2D eigenvalue weighted by Crippen LogP contribution is -2.26. The highest BCUT2D eigenvalue weighted by molar-refractivity contribution is 6.01. The number of hydrogen-bond donors (Lipinski definition) is 1. The predicted molar refractivity (Wildman–Crippen MR) is 68.4 cm³/mol. The Bertz CT molecular complexity index is 632. The van der Waals surface area contributed by atoms with Gasteiger partial charge in [-0.25, -0.2) is 0 Å². The summed E-state index contributed by atoms with van der Waals surface area (Å²) in [4.78, 5) is 27.3. The Morgan fingerprint density at radius 2 is 1.82 bits per heavy atom. The van der Waals surface area contributed by atoms with Gasteiger partial charge >= 0.3 is 0 Å². The van der Waals surface area contributed by atoms with E-state index in [1.165, 1.54) is 6.20 Å². The molecule has 0 amide bonds. The number of pyridine rings is 1. The fourth-order valence-electron chi connectivity index (χ4n) is 1.74. The number of fused-ring (bicyclic) bond motifs is 1. The van der Waals surface area contributed by atoms with Crippen molar-refractivity contribution in [3.05, 3.63) is 46.2 Å². The smallest absolute Gasteiger partial charge is 0.200 e. The summed E-state index contributed by atoms with van der Waals surface area (Å²) in [5.74, 6) is -0.135. The average Bonchev–Trinajstić information content (AvgIpc) is 2.28. The van der Waals surface area contributed by atoms with Crippen molar-refractivity contribution in [3.63, 3.8) is 0 Å². The number of Topliss-reactive ketones (excluding diaryl/α,β-unsaturated/α-hetero) is 1. The van der Waals surface area contributed by atoms with Gasteiger partial charge in [-0.3, -0.25) is 9.59 Å². The number of ketones is 1. The van der Waals surface area contributed by atoms with Crippen LogP contribution in [-0.4, -0.2) is 10.8 Å². The largest absolute Gasteiger partial charge is 0.360 e. The summed E-state index contributed by atoms with van der Waals surface area (Å²) in [6.45, 7) is 5.43. The number of nitrogens with one attached hydrogen (secondary N) is 1. The molecule has 1 N–H and O–H groups in total. The number of carbonyl (C=O) groups excluding carboxylic acids is 1. The molecule has 17 heavy (non-hydrogen) atoms. The van der Waals surface area contributed by atoms with Gasteiger partial charge in [-0.1, -0.05) is 32.9 Å². The van der Waals surface area contributed by atoms with Crippen molar-refractivity contribution < 1.29 is 4.79 Å². The molecule has 1 aromatic heterocycles. The van der Waals surface area contributed by atoms with Gasteiger partial charge in [0.2, 0.25) is 0 Å². The molecule has 1 aromatic carbocycles. The van der Waals surface area contributed by atoms with Crippen LogP contribution in [0.3, 0.4) is 0 Å². The zero-order valence-electron chi connectivity index (χ0n) is 10.2. The van der Waals surface area contributed by atoms with Gasteiger partial charge in [0.15, 0.2) is 11.2 Å². The number of benzene rings is 1. The first kappa shape index (κ1) is 11.6. The first-order chi connectivity index (χ1) is 7.91. The molecule has 3 nitrogen and oxygen atoms in total. The lowest BCUT2D eigenvalue weighted by atomic mass is 9.86. The molecular formula is C14H15NO2. The maximum atomic E-state index is 12.2. The molecular weight excluding hydrogens is 214 g/mol. The molecule has 0 bridgehead atoms. The number of carbonyl (C=O) groups is 1. The maximum Gasteiger partial charge on any atom is 0.200 e. The van der Waals surface area contributed by atoms with Gasteiger partial charge in [0, 0.05) is 22.5 Å². The topological polar surface area (TPSA) is 49.9 Å². The molecule has 0 atom stereocenters. The molecule has 3 heteroatoms. The van der Waals surface area contributed by atoms with E-state index in [0.29, 0.717) is 5.39 Å². The molecule has 0 spiro atoms. The summed E-state index contributed by atoms with van der Waals surface area (Å²) in [7, 11) is 0. The highest BCUT2D eigenvalue weighted by atomic mass is 16.1. The highest BCUT2D eigenvalue weighted by Crippen LogP contribution is 2.19. The van der Waals surface area contributed by atoms with Crippen LogP contribution < -0.4 is 5.43 Å². The van der Waals surface area contributed by atoms with E-state index in [9.17, 15) is 9.59 Å². The van der Waals surface area contributed by atoms with E-state index < -0.39 is 5.41 Å². The molecule has 2 rings (SSSR count). The molecule has 2 aromatic rings. The lowest BCUT2D eigenvalue weighted by Gasteiger charge is -2.16. The molecule has 0 saturated heterocycles. The van der Waals surface area contributed by atoms with Crippen molar-refractivity contribution in [1.29, 1.82) is 0 Å². The minimum atomic E-state index is -0.546. The fraction of sp³-hybridized carbons (Fsp3) is 0.286. The normalized spacial score (nSPS) is 11.7. The average molecular weight is 229 g/mol. The van der Waals surface area contributed by atoms with E-state index in [2.05, 4.69) is 4.98 Å². The summed E-state index contributed by atoms with van der Waals surface area (Å²) < 4.78 is 0. The summed E-state index contributed by atoms with van der Waals surface area (Å²) in [6, 6.07) is 7.20. The van der Waals surface area contributed by atoms with Crippen LogP contribution in [0.1, 0.15) is 31.1 Å². The molecule has 0 radical (unpaired) electrons. The van der Waals surface area contributed by atoms with Gasteiger partial charge < -0.3 is 4.98 Å². The van der Waals surface area contributed by atoms with Crippen molar-refractivity contribution in [2.75, 3.05) is 0 Å². The monoisotopic (exact) mass is 229 g/mol. The van der Waals surface area contributed by atoms with Crippen LogP contribution >= 0.6 is 0 Å². The summed E-state index contributed by atoms with van der Waals surface area (Å²) in [5.41, 5.74) is 0.244. The quantitative estimate of drug-likeness (QED) is 0.764. The molecule has 1 heterocycles. The Kier molecular flexibility index (Phi) is 2.62. The number of aromatic nitrogens is 1. The number of H-pyrrole nitrogens is 1. The second-order valence-electron chi connectivity index (χ2n) is 5.16. The highest BCUT2D eigenvalue weighted by Gasteiger charge is 2.25. The first-order valence-corrected chi connectivity index (χ1v) is 5.56. The Morgan fingerprint density at radius 3 is 2.47 bits per heavy atom. The summed E-state index contributed by atoms with van der Waals surface area (Å²) >= 11 is 0. The third kappa shape index (κ3) is 2.00. The zero-order chi connectivity index (χ0) is 12.6. The Balaban J connectivity index is 2.70. The van der Waals surface area contributed by atoms with Gasteiger partial charge in [0.05, 0.1) is 5.56 Å². The van der Waals surface area contributed by atoms with Crippen LogP contribution in [0, 0.1) is 5.41 Å². The Hall–Kier alpha value is -1.90. The second-order valence-corrected chi connectivity index (χ2v) is 5.16. The lowest BCUT2D eigenvalue weighted by molar-refractivity contribution is 0.0857. The molecule has 0 saturated carbocycles. The van der Waals surface area contributed by atoms with Crippen molar-refractivity contribution >= 4 is 16.7 Å². The zero-order valence-corrected chi connectivity index (χ0v) is 10.2. The Morgan fingerprint density at radius 1 is 1.18 bits per heavy atom. The van der Waals surface area contributed by atoms with Gasteiger partial charge in [0.25, 0.3) is 0 Å². The number of rotatable bonds is 1. The molecule has 0 aliphatic carbocycles. The van der Waals surface area contributed by atoms with E-state index in [4.69, 9.17) is 0 Å². The Labute approximate surface area is 99.5 Å². The summed E-state index contributed by atoms with van der Waals surface area (Å²) in [6.07, 6.45) is 1.51. The van der Waals surface area contributed by atoms with Gasteiger partial charge in [-0.15, -0.1) is 0 Å². The van der Waals surface area contributed by atoms with E-state index in [1.54, 1.807) is 12.1 Å². The van der Waals surface area contributed by atoms with E-state index in [0.717, 1.165) is 5.52 Å². The van der Waals surface area contributed by atoms with E-state index in [-0.39, 0.29) is 16.8 Å². The van der Waals surface area contributed by atoms with Crippen LogP contribution in [0.2, 0.25) is 0 Å². The second kappa shape index (κ2) is 3.84. The van der Waals surface area contributed by atoms with Crippen molar-refractivity contribution in [1.82, 2.24) is 4.98 Å². The van der Waals surface area contributed by atoms with E-state index >= 15 is 0 Å². The third-order valence-corrected chi connectivity index (χ3v) is 2.71. The molecule has 0 aliphatic heterocycles. The predicted octanol–water partition coefficient (Wildman–Crippen LogP) is 2.76. The van der Waals surface area contributed by atoms with Gasteiger partial charge in [-0.05, 0) is 12.1 Å². The summed E-state index contributed by atoms with van der Waals surface area (Å²) in [5, 5.41) is 0.558. The maximum absolute atomic E-state index is 12.2. The molecule has 88 valence electrons. The van der Waals surface area contributed by atoms with Gasteiger partial charge in [0.1, 0.15) is 0 Å². The minimum Gasteiger partial charge on any atom is -0.360 e. The van der Waals surface area contributed by atoms with Crippen molar-refractivity contribution in [2.45, 2.75) is 20.8 Å². The van der Waals surface area contributed by atoms with Crippen LogP contribution in [-0.2, 0) is 0 Å². The SMILES string of the molecule is CC(C)(C)C(=O)c1c[nH]c2ccccc2c1=O. The van der Waals surface area contributed by atoms with Crippen LogP contribution in [0.15, 0.2) is 35.3 Å². The molecule has 0 fully saturated rings. The van der Waals surface area contributed by atoms with Crippen LogP contribution in [0.4, 0.5) is 0 Å². The fourth-order valence-corrected chi connectivity index (χ4v) is 1.74. The number of aromatic amines is 1. The first-order valence-electron chi connectivity index (χ1n) is 5.56. The van der Waals surface area contributed by atoms with Crippen molar-refractivity contribution in [2.24, 2.45) is 5.41 Å². The van der Waals surface area contributed by atoms with E-state index in [1.807, 2.05) is 32.9 Å². The standard InChI is InChI=1S/C14H15NO2/c1-14(2,3)13(17)10-8-15-11-7-5-4-6-9(11)12(10)16/h4-8H,1-3H3,(H,15,16). The third-order valence-electron chi connectivity index (χ3n) is 2.71. The number of para-hydroxylation sites is 1. The minimum absolute atomic E-state index is 0.135. The van der Waals surface area contributed by atoms with Crippen LogP contribution in [0.25, 0.3) is 10.9 Å². The van der Waals surface area contributed by atoms with Gasteiger partial charge in [-0.2, -0.15) is 0 Å². The molecule has 0 aliphatic rings. The molecule has 0 unspecified atom stereocenters. The van der Waals surface area contributed by atoms with Crippen LogP contribution in [0.5, 0.6) is 0 Å². The van der Waals surface area contributed by atoms with Crippen molar-refractivity contribution in [3.8, 4) is 0 Å². The number of hydrogen-bond acceptors (Lipinski definition) is 2.